The van der Waals surface area contributed by atoms with Crippen LogP contribution in [0.1, 0.15) is 106 Å². The molecule has 1 amide bonds. The van der Waals surface area contributed by atoms with Crippen LogP contribution in [-0.4, -0.2) is 68.2 Å². The molecule has 10 rings (SSSR count). The van der Waals surface area contributed by atoms with Crippen molar-refractivity contribution in [3.63, 3.8) is 0 Å². The van der Waals surface area contributed by atoms with Crippen LogP contribution >= 0.6 is 11.3 Å². The Bertz CT molecular complexity index is 2720. The fraction of sp³-hybridized carbons (Fsp3) is 0.413. The number of aryl methyl sites for hydroxylation is 2. The number of benzene rings is 2. The standard InChI is InChI=1S/C46H42F3N9O3S/c1-26-27(2)62-42-39(26)40(52-45(18-19-45)43-56-53-28(3)58(42)43)31-8-6-29(7-9-31)4-5-30-21-44(22-30)24-57(25-44)38-17-16-36(54-55-38)41(59)51-33-11-14-34(15-12-33)60-35-13-10-32(23-50)37(20-35)61-46(47,48)49/h6-10,13,16-17,20,30,33-34H,11-12,14-15,18-19,21-22,24-25H2,1-3H3,(H,51,59). The number of carbonyl (C=O) groups excluding carboxylic acids is 1. The number of nitriles is 1. The lowest BCUT2D eigenvalue weighted by Gasteiger charge is -2.58. The summed E-state index contributed by atoms with van der Waals surface area (Å²) in [5.41, 5.74) is 5.46. The van der Waals surface area contributed by atoms with Gasteiger partial charge >= 0.3 is 6.36 Å². The number of rotatable bonds is 7. The quantitative estimate of drug-likeness (QED) is 0.161. The zero-order valence-electron chi connectivity index (χ0n) is 34.3. The molecule has 12 nitrogen and oxygen atoms in total. The lowest BCUT2D eigenvalue weighted by atomic mass is 9.58. The molecule has 0 bridgehead atoms. The third-order valence-electron chi connectivity index (χ3n) is 12.9. The molecule has 0 atom stereocenters. The number of hydrogen-bond donors (Lipinski definition) is 1. The Hall–Kier alpha value is -6.26. The van der Waals surface area contributed by atoms with Crippen LogP contribution in [0.4, 0.5) is 19.0 Å². The SMILES string of the molecule is Cc1sc2c(c1C)C(c1ccc(C#CC3CC4(C3)CN(c3ccc(C(=O)NC5CCC(Oc6ccc(C#N)c(OC(F)(F)F)c6)CC5)nn3)C4)cc1)=NC1(CC1)c1nnc(C)n1-2. The molecule has 5 aromatic rings. The van der Waals surface area contributed by atoms with Gasteiger partial charge in [-0.1, -0.05) is 24.0 Å². The highest BCUT2D eigenvalue weighted by atomic mass is 32.1. The predicted molar refractivity (Wildman–Crippen MR) is 225 cm³/mol. The molecular formula is C46H42F3N9O3S. The summed E-state index contributed by atoms with van der Waals surface area (Å²) in [5, 5.41) is 31.0. The van der Waals surface area contributed by atoms with Crippen molar-refractivity contribution < 1.29 is 27.4 Å². The minimum absolute atomic E-state index is 0.104. The molecule has 5 aliphatic rings. The maximum atomic E-state index is 13.0. The third kappa shape index (κ3) is 7.44. The Balaban J connectivity index is 0.692. The van der Waals surface area contributed by atoms with Gasteiger partial charge in [-0.05, 0) is 114 Å². The second-order valence-corrected chi connectivity index (χ2v) is 18.5. The summed E-state index contributed by atoms with van der Waals surface area (Å²) in [6.45, 7) is 8.13. The molecule has 4 fully saturated rings. The number of hydrogen-bond acceptors (Lipinski definition) is 11. The van der Waals surface area contributed by atoms with Crippen molar-refractivity contribution in [1.29, 1.82) is 5.26 Å². The van der Waals surface area contributed by atoms with Crippen molar-refractivity contribution in [2.24, 2.45) is 16.3 Å². The Morgan fingerprint density at radius 1 is 0.952 bits per heavy atom. The molecule has 5 heterocycles. The first-order valence-electron chi connectivity index (χ1n) is 20.9. The first-order chi connectivity index (χ1) is 29.8. The average Bonchev–Trinajstić information content (AvgIpc) is 3.84. The lowest BCUT2D eigenvalue weighted by molar-refractivity contribution is -0.274. The number of amides is 1. The van der Waals surface area contributed by atoms with E-state index in [1.807, 2.05) is 13.0 Å². The van der Waals surface area contributed by atoms with E-state index in [2.05, 4.69) is 89.9 Å². The van der Waals surface area contributed by atoms with Crippen LogP contribution in [0.2, 0.25) is 0 Å². The van der Waals surface area contributed by atoms with Crippen molar-refractivity contribution in [1.82, 2.24) is 30.3 Å². The van der Waals surface area contributed by atoms with Crippen molar-refractivity contribution in [3.05, 3.63) is 105 Å². The summed E-state index contributed by atoms with van der Waals surface area (Å²) in [6, 6.07) is 17.4. The van der Waals surface area contributed by atoms with Gasteiger partial charge in [0.15, 0.2) is 23.1 Å². The fourth-order valence-corrected chi connectivity index (χ4v) is 10.6. The number of alkyl halides is 3. The van der Waals surface area contributed by atoms with Gasteiger partial charge in [0.05, 0.1) is 17.4 Å². The molecule has 316 valence electrons. The molecule has 3 aliphatic carbocycles. The zero-order chi connectivity index (χ0) is 43.0. The maximum Gasteiger partial charge on any atom is 0.573 e. The molecule has 16 heteroatoms. The van der Waals surface area contributed by atoms with Crippen molar-refractivity contribution in [2.45, 2.75) is 96.2 Å². The summed E-state index contributed by atoms with van der Waals surface area (Å²) in [4.78, 5) is 21.9. The van der Waals surface area contributed by atoms with Gasteiger partial charge in [0, 0.05) is 58.1 Å². The van der Waals surface area contributed by atoms with E-state index in [1.54, 1.807) is 23.5 Å². The van der Waals surface area contributed by atoms with E-state index in [9.17, 15) is 18.0 Å². The van der Waals surface area contributed by atoms with E-state index in [-0.39, 0.29) is 46.0 Å². The Morgan fingerprint density at radius 2 is 1.71 bits per heavy atom. The largest absolute Gasteiger partial charge is 0.573 e. The summed E-state index contributed by atoms with van der Waals surface area (Å²) in [7, 11) is 0. The number of ether oxygens (including phenoxy) is 2. The third-order valence-corrected chi connectivity index (χ3v) is 14.1. The number of nitrogens with one attached hydrogen (secondary N) is 1. The Labute approximate surface area is 360 Å². The zero-order valence-corrected chi connectivity index (χ0v) is 35.2. The number of nitrogens with zero attached hydrogens (tertiary/aromatic N) is 8. The summed E-state index contributed by atoms with van der Waals surface area (Å²) in [6.07, 6.45) is 1.26. The number of thiophene rings is 1. The first-order valence-corrected chi connectivity index (χ1v) is 21.7. The van der Waals surface area contributed by atoms with Crippen LogP contribution in [0.3, 0.4) is 0 Å². The van der Waals surface area contributed by atoms with Gasteiger partial charge in [-0.15, -0.1) is 44.9 Å². The van der Waals surface area contributed by atoms with E-state index in [4.69, 9.17) is 15.0 Å². The van der Waals surface area contributed by atoms with E-state index >= 15 is 0 Å². The van der Waals surface area contributed by atoms with Crippen LogP contribution in [-0.2, 0) is 5.54 Å². The highest BCUT2D eigenvalue weighted by Gasteiger charge is 2.53. The van der Waals surface area contributed by atoms with Gasteiger partial charge in [0.2, 0.25) is 0 Å². The van der Waals surface area contributed by atoms with Gasteiger partial charge < -0.3 is 19.7 Å². The first kappa shape index (κ1) is 39.9. The number of carbonyl (C=O) groups is 1. The molecule has 0 unspecified atom stereocenters. The van der Waals surface area contributed by atoms with Crippen LogP contribution in [0.15, 0.2) is 59.6 Å². The molecule has 2 aliphatic heterocycles. The summed E-state index contributed by atoms with van der Waals surface area (Å²) >= 11 is 1.78. The second kappa shape index (κ2) is 15.0. The predicted octanol–water partition coefficient (Wildman–Crippen LogP) is 8.04. The molecule has 2 aromatic carbocycles. The maximum absolute atomic E-state index is 13.0. The Kier molecular flexibility index (Phi) is 9.63. The Morgan fingerprint density at radius 3 is 2.39 bits per heavy atom. The van der Waals surface area contributed by atoms with Crippen molar-refractivity contribution >= 4 is 28.8 Å². The van der Waals surface area contributed by atoms with Crippen molar-refractivity contribution in [2.75, 3.05) is 18.0 Å². The molecule has 3 aromatic heterocycles. The number of halogens is 3. The number of aromatic nitrogens is 5. The molecule has 3 saturated carbocycles. The van der Waals surface area contributed by atoms with Crippen LogP contribution in [0.5, 0.6) is 11.5 Å². The van der Waals surface area contributed by atoms with Crippen LogP contribution in [0.25, 0.3) is 5.00 Å². The minimum Gasteiger partial charge on any atom is -0.490 e. The molecular weight excluding hydrogens is 816 g/mol. The average molecular weight is 858 g/mol. The number of anilines is 1. The van der Waals surface area contributed by atoms with E-state index in [0.29, 0.717) is 31.6 Å². The fourth-order valence-electron chi connectivity index (χ4n) is 9.37. The normalized spacial score (nSPS) is 20.6. The molecule has 62 heavy (non-hydrogen) atoms. The van der Waals surface area contributed by atoms with E-state index < -0.39 is 12.1 Å². The van der Waals surface area contributed by atoms with Gasteiger partial charge in [-0.3, -0.25) is 14.4 Å². The second-order valence-electron chi connectivity index (χ2n) is 17.3. The van der Waals surface area contributed by atoms with Gasteiger partial charge in [0.25, 0.3) is 5.91 Å². The minimum atomic E-state index is -4.93. The summed E-state index contributed by atoms with van der Waals surface area (Å²) < 4.78 is 50.5. The highest BCUT2D eigenvalue weighted by Crippen LogP contribution is 2.54. The van der Waals surface area contributed by atoms with Crippen molar-refractivity contribution in [3.8, 4) is 34.4 Å². The van der Waals surface area contributed by atoms with Gasteiger partial charge in [0.1, 0.15) is 28.2 Å². The molecule has 1 saturated heterocycles. The van der Waals surface area contributed by atoms with Crippen LogP contribution < -0.4 is 19.7 Å². The number of fused-ring (bicyclic) bond motifs is 4. The number of aliphatic imine (C=N–C) groups is 1. The van der Waals surface area contributed by atoms with Gasteiger partial charge in [-0.2, -0.15) is 5.26 Å². The van der Waals surface area contributed by atoms with Gasteiger partial charge in [-0.25, -0.2) is 0 Å². The summed E-state index contributed by atoms with van der Waals surface area (Å²) in [5.74, 6) is 9.16. The topological polar surface area (TPSA) is 143 Å². The van der Waals surface area contributed by atoms with E-state index in [0.717, 1.165) is 84.1 Å². The molecule has 2 spiro atoms. The van der Waals surface area contributed by atoms with E-state index in [1.165, 1.54) is 28.1 Å². The monoisotopic (exact) mass is 857 g/mol. The smallest absolute Gasteiger partial charge is 0.490 e. The molecule has 0 radical (unpaired) electrons. The molecule has 1 N–H and O–H groups in total. The van der Waals surface area contributed by atoms with Crippen LogP contribution in [0, 0.1) is 55.3 Å². The highest BCUT2D eigenvalue weighted by molar-refractivity contribution is 7.15. The lowest BCUT2D eigenvalue weighted by Crippen LogP contribution is -2.62.